The van der Waals surface area contributed by atoms with Crippen LogP contribution in [-0.2, 0) is 0 Å². The van der Waals surface area contributed by atoms with Crippen LogP contribution < -0.4 is 0 Å². The maximum atomic E-state index is 9.19. The number of aliphatic hydroxyl groups is 1. The summed E-state index contributed by atoms with van der Waals surface area (Å²) in [6.45, 7) is 0. The van der Waals surface area contributed by atoms with Crippen LogP contribution in [0.25, 0.3) is 0 Å². The topological polar surface area (TPSA) is 44.0 Å². The van der Waals surface area contributed by atoms with Crippen molar-refractivity contribution in [1.29, 1.82) is 5.26 Å². The van der Waals surface area contributed by atoms with Crippen LogP contribution in [0.1, 0.15) is 12.8 Å². The molecule has 2 aliphatic carbocycles. The molecular weight excluding hydrogens is 114 g/mol. The van der Waals surface area contributed by atoms with Gasteiger partial charge in [-0.2, -0.15) is 5.26 Å². The molecule has 2 nitrogen and oxygen atoms in total. The van der Waals surface area contributed by atoms with Gasteiger partial charge in [0.2, 0.25) is 0 Å². The lowest BCUT2D eigenvalue weighted by atomic mass is 10.1. The first-order valence-corrected chi connectivity index (χ1v) is 3.42. The van der Waals surface area contributed by atoms with Crippen LogP contribution in [-0.4, -0.2) is 11.2 Å². The Kier molecular flexibility index (Phi) is 0.866. The molecule has 0 aliphatic heterocycles. The molecule has 0 aromatic heterocycles. The van der Waals surface area contributed by atoms with Gasteiger partial charge in [-0.3, -0.25) is 0 Å². The van der Waals surface area contributed by atoms with Crippen LogP contribution in [0.15, 0.2) is 0 Å². The summed E-state index contributed by atoms with van der Waals surface area (Å²) in [4.78, 5) is 0. The summed E-state index contributed by atoms with van der Waals surface area (Å²) in [5.74, 6) is 1.12. The molecule has 0 bridgehead atoms. The molecule has 1 N–H and O–H groups in total. The van der Waals surface area contributed by atoms with Crippen molar-refractivity contribution in [3.05, 3.63) is 0 Å². The molecule has 0 amide bonds. The third kappa shape index (κ3) is 0.529. The largest absolute Gasteiger partial charge is 0.393 e. The molecule has 48 valence electrons. The number of hydrogen-bond acceptors (Lipinski definition) is 2. The van der Waals surface area contributed by atoms with E-state index >= 15 is 0 Å². The molecule has 4 atom stereocenters. The first kappa shape index (κ1) is 5.25. The van der Waals surface area contributed by atoms with Crippen LogP contribution in [0.4, 0.5) is 0 Å². The van der Waals surface area contributed by atoms with Gasteiger partial charge in [0, 0.05) is 5.92 Å². The lowest BCUT2D eigenvalue weighted by Gasteiger charge is -2.00. The van der Waals surface area contributed by atoms with Crippen molar-refractivity contribution in [1.82, 2.24) is 0 Å². The number of nitriles is 1. The summed E-state index contributed by atoms with van der Waals surface area (Å²) in [6.07, 6.45) is 1.84. The molecular formula is C7H9NO. The molecule has 0 radical (unpaired) electrons. The van der Waals surface area contributed by atoms with Crippen molar-refractivity contribution in [2.45, 2.75) is 18.9 Å². The Labute approximate surface area is 54.1 Å². The van der Waals surface area contributed by atoms with E-state index in [1.165, 1.54) is 0 Å². The molecule has 0 saturated heterocycles. The minimum Gasteiger partial charge on any atom is -0.393 e. The summed E-state index contributed by atoms with van der Waals surface area (Å²) >= 11 is 0. The van der Waals surface area contributed by atoms with Gasteiger partial charge in [-0.25, -0.2) is 0 Å². The van der Waals surface area contributed by atoms with E-state index in [4.69, 9.17) is 5.26 Å². The van der Waals surface area contributed by atoms with Crippen molar-refractivity contribution in [3.8, 4) is 6.07 Å². The number of hydrogen-bond donors (Lipinski definition) is 1. The minimum atomic E-state index is -0.153. The van der Waals surface area contributed by atoms with Crippen LogP contribution >= 0.6 is 0 Å². The van der Waals surface area contributed by atoms with Gasteiger partial charge in [-0.05, 0) is 18.8 Å². The predicted molar refractivity (Wildman–Crippen MR) is 31.3 cm³/mol. The monoisotopic (exact) mass is 123 g/mol. The third-order valence-corrected chi connectivity index (χ3v) is 2.62. The van der Waals surface area contributed by atoms with Crippen molar-refractivity contribution >= 4 is 0 Å². The molecule has 2 fully saturated rings. The first-order chi connectivity index (χ1) is 4.34. The van der Waals surface area contributed by atoms with Crippen LogP contribution in [0.5, 0.6) is 0 Å². The summed E-state index contributed by atoms with van der Waals surface area (Å²) in [6, 6.07) is 2.21. The van der Waals surface area contributed by atoms with Crippen LogP contribution in [0.2, 0.25) is 0 Å². The number of fused-ring (bicyclic) bond motifs is 1. The smallest absolute Gasteiger partial charge is 0.0662 e. The van der Waals surface area contributed by atoms with E-state index in [1.807, 2.05) is 0 Å². The zero-order chi connectivity index (χ0) is 6.43. The van der Waals surface area contributed by atoms with Crippen LogP contribution in [0, 0.1) is 29.1 Å². The maximum absolute atomic E-state index is 9.19. The molecule has 0 spiro atoms. The maximum Gasteiger partial charge on any atom is 0.0662 e. The Morgan fingerprint density at radius 3 is 2.56 bits per heavy atom. The molecule has 0 unspecified atom stereocenters. The fraction of sp³-hybridized carbons (Fsp3) is 0.857. The summed E-state index contributed by atoms with van der Waals surface area (Å²) in [5, 5.41) is 17.7. The lowest BCUT2D eigenvalue weighted by molar-refractivity contribution is 0.154. The predicted octanol–water partition coefficient (Wildman–Crippen LogP) is 0.527. The molecule has 0 heterocycles. The average Bonchev–Trinajstić information content (AvgIpc) is 2.46. The second-order valence-corrected chi connectivity index (χ2v) is 3.04. The third-order valence-electron chi connectivity index (χ3n) is 2.62. The Hall–Kier alpha value is -0.550. The summed E-state index contributed by atoms with van der Waals surface area (Å²) in [5.41, 5.74) is 0. The normalized spacial score (nSPS) is 54.2. The summed E-state index contributed by atoms with van der Waals surface area (Å²) in [7, 11) is 0. The van der Waals surface area contributed by atoms with Crippen molar-refractivity contribution in [3.63, 3.8) is 0 Å². The summed E-state index contributed by atoms with van der Waals surface area (Å²) < 4.78 is 0. The van der Waals surface area contributed by atoms with Gasteiger partial charge in [0.25, 0.3) is 0 Å². The highest BCUT2D eigenvalue weighted by atomic mass is 16.3. The molecule has 0 aromatic carbocycles. The SMILES string of the molecule is N#C[C@H]1[C@H]2CC[C@H](O)[C@@H]12. The van der Waals surface area contributed by atoms with Crippen molar-refractivity contribution in [2.24, 2.45) is 17.8 Å². The highest BCUT2D eigenvalue weighted by molar-refractivity contribution is 5.14. The Morgan fingerprint density at radius 2 is 2.22 bits per heavy atom. The first-order valence-electron chi connectivity index (χ1n) is 3.42. The minimum absolute atomic E-state index is 0.153. The van der Waals surface area contributed by atoms with E-state index in [2.05, 4.69) is 6.07 Å². The standard InChI is InChI=1S/C7H9NO/c8-3-5-4-1-2-6(9)7(4)5/h4-7,9H,1-2H2/t4-,5+,6+,7-/m1/s1. The van der Waals surface area contributed by atoms with E-state index in [0.717, 1.165) is 12.8 Å². The van der Waals surface area contributed by atoms with Crippen molar-refractivity contribution < 1.29 is 5.11 Å². The van der Waals surface area contributed by atoms with Gasteiger partial charge in [0.1, 0.15) is 0 Å². The highest BCUT2D eigenvalue weighted by Crippen LogP contribution is 2.56. The highest BCUT2D eigenvalue weighted by Gasteiger charge is 2.57. The lowest BCUT2D eigenvalue weighted by Crippen LogP contribution is -2.06. The van der Waals surface area contributed by atoms with Crippen LogP contribution in [0.3, 0.4) is 0 Å². The van der Waals surface area contributed by atoms with Gasteiger partial charge in [-0.15, -0.1) is 0 Å². The molecule has 2 heteroatoms. The molecule has 2 aliphatic rings. The van der Waals surface area contributed by atoms with Crippen molar-refractivity contribution in [2.75, 3.05) is 0 Å². The van der Waals surface area contributed by atoms with E-state index < -0.39 is 0 Å². The quantitative estimate of drug-likeness (QED) is 0.510. The average molecular weight is 123 g/mol. The number of rotatable bonds is 0. The molecule has 2 saturated carbocycles. The Balaban J connectivity index is 2.08. The van der Waals surface area contributed by atoms with Gasteiger partial charge < -0.3 is 5.11 Å². The molecule has 9 heavy (non-hydrogen) atoms. The fourth-order valence-electron chi connectivity index (χ4n) is 2.03. The Bertz CT molecular complexity index is 172. The zero-order valence-electron chi connectivity index (χ0n) is 5.12. The fourth-order valence-corrected chi connectivity index (χ4v) is 2.03. The molecule has 0 aromatic rings. The van der Waals surface area contributed by atoms with E-state index in [1.54, 1.807) is 0 Å². The van der Waals surface area contributed by atoms with Gasteiger partial charge in [0.05, 0.1) is 18.1 Å². The van der Waals surface area contributed by atoms with E-state index in [0.29, 0.717) is 11.8 Å². The Morgan fingerprint density at radius 1 is 1.44 bits per heavy atom. The van der Waals surface area contributed by atoms with Gasteiger partial charge >= 0.3 is 0 Å². The second-order valence-electron chi connectivity index (χ2n) is 3.04. The number of nitrogens with zero attached hydrogens (tertiary/aromatic N) is 1. The second kappa shape index (κ2) is 1.48. The van der Waals surface area contributed by atoms with Gasteiger partial charge in [-0.1, -0.05) is 0 Å². The zero-order valence-corrected chi connectivity index (χ0v) is 5.12. The molecule has 2 rings (SSSR count). The van der Waals surface area contributed by atoms with E-state index in [-0.39, 0.29) is 12.0 Å². The number of aliphatic hydroxyl groups excluding tert-OH is 1. The van der Waals surface area contributed by atoms with E-state index in [9.17, 15) is 5.11 Å². The van der Waals surface area contributed by atoms with Gasteiger partial charge in [0.15, 0.2) is 0 Å².